The second-order valence-electron chi connectivity index (χ2n) is 4.30. The van der Waals surface area contributed by atoms with E-state index in [1.54, 1.807) is 0 Å². The Bertz CT molecular complexity index is 549. The van der Waals surface area contributed by atoms with Crippen molar-refractivity contribution in [2.75, 3.05) is 13.1 Å². The molecular formula is C14H16N2. The lowest BCUT2D eigenvalue weighted by molar-refractivity contribution is 0.739. The van der Waals surface area contributed by atoms with Gasteiger partial charge < -0.3 is 9.88 Å². The first-order valence-corrected chi connectivity index (χ1v) is 5.81. The van der Waals surface area contributed by atoms with Crippen LogP contribution in [-0.4, -0.2) is 17.7 Å². The van der Waals surface area contributed by atoms with Gasteiger partial charge in [-0.05, 0) is 30.7 Å². The number of aryl methyl sites for hydroxylation is 1. The van der Waals surface area contributed by atoms with Gasteiger partial charge in [0.2, 0.25) is 0 Å². The molecule has 0 radical (unpaired) electrons. The zero-order valence-corrected chi connectivity index (χ0v) is 9.53. The summed E-state index contributed by atoms with van der Waals surface area (Å²) in [4.78, 5) is 0. The van der Waals surface area contributed by atoms with Crippen molar-refractivity contribution in [3.63, 3.8) is 0 Å². The molecule has 2 heterocycles. The van der Waals surface area contributed by atoms with Gasteiger partial charge in [-0.15, -0.1) is 0 Å². The molecule has 0 amide bonds. The maximum Gasteiger partial charge on any atom is 0.0485 e. The van der Waals surface area contributed by atoms with Gasteiger partial charge in [-0.1, -0.05) is 24.3 Å². The molecule has 0 saturated heterocycles. The van der Waals surface area contributed by atoms with Crippen LogP contribution in [0.5, 0.6) is 0 Å². The zero-order valence-electron chi connectivity index (χ0n) is 9.53. The standard InChI is InChI=1S/C14H16N2/c1-16-13-6-3-2-5-11(13)12-8-10-15-9-4-7-14(12)16/h2-7,15H,8-10H2,1H3/b7-4-. The molecule has 0 saturated carbocycles. The highest BCUT2D eigenvalue weighted by atomic mass is 15.0. The predicted octanol–water partition coefficient (Wildman–Crippen LogP) is 2.34. The Hall–Kier alpha value is -1.54. The quantitative estimate of drug-likeness (QED) is 0.709. The van der Waals surface area contributed by atoms with Crippen LogP contribution in [-0.2, 0) is 13.5 Å². The van der Waals surface area contributed by atoms with Crippen LogP contribution in [0.15, 0.2) is 30.3 Å². The normalized spacial score (nSPS) is 17.8. The van der Waals surface area contributed by atoms with Gasteiger partial charge in [0.25, 0.3) is 0 Å². The van der Waals surface area contributed by atoms with Crippen molar-refractivity contribution >= 4 is 17.0 Å². The first-order chi connectivity index (χ1) is 7.88. The summed E-state index contributed by atoms with van der Waals surface area (Å²) in [7, 11) is 2.15. The van der Waals surface area contributed by atoms with Crippen LogP contribution in [0.4, 0.5) is 0 Å². The molecule has 16 heavy (non-hydrogen) atoms. The summed E-state index contributed by atoms with van der Waals surface area (Å²) in [6.07, 6.45) is 5.55. The lowest BCUT2D eigenvalue weighted by atomic mass is 10.1. The van der Waals surface area contributed by atoms with Crippen molar-refractivity contribution in [1.82, 2.24) is 9.88 Å². The van der Waals surface area contributed by atoms with Crippen molar-refractivity contribution < 1.29 is 0 Å². The van der Waals surface area contributed by atoms with E-state index in [1.165, 1.54) is 22.2 Å². The average molecular weight is 212 g/mol. The van der Waals surface area contributed by atoms with Crippen LogP contribution in [0.2, 0.25) is 0 Å². The fraction of sp³-hybridized carbons (Fsp3) is 0.286. The van der Waals surface area contributed by atoms with E-state index in [-0.39, 0.29) is 0 Å². The topological polar surface area (TPSA) is 17.0 Å². The number of fused-ring (bicyclic) bond motifs is 3. The molecule has 1 aromatic carbocycles. The fourth-order valence-electron chi connectivity index (χ4n) is 2.54. The third kappa shape index (κ3) is 1.38. The highest BCUT2D eigenvalue weighted by Gasteiger charge is 2.12. The van der Waals surface area contributed by atoms with Crippen molar-refractivity contribution in [2.45, 2.75) is 6.42 Å². The fourth-order valence-corrected chi connectivity index (χ4v) is 2.54. The van der Waals surface area contributed by atoms with E-state index < -0.39 is 0 Å². The van der Waals surface area contributed by atoms with Gasteiger partial charge in [0.1, 0.15) is 0 Å². The molecule has 0 fully saturated rings. The number of benzene rings is 1. The van der Waals surface area contributed by atoms with Gasteiger partial charge in [0.05, 0.1) is 0 Å². The Balaban J connectivity index is 2.32. The molecule has 82 valence electrons. The van der Waals surface area contributed by atoms with Gasteiger partial charge in [-0.3, -0.25) is 0 Å². The first kappa shape index (κ1) is 9.67. The third-order valence-electron chi connectivity index (χ3n) is 3.35. The minimum atomic E-state index is 0.973. The van der Waals surface area contributed by atoms with Gasteiger partial charge in [-0.2, -0.15) is 0 Å². The number of hydrogen-bond donors (Lipinski definition) is 1. The van der Waals surface area contributed by atoms with Crippen molar-refractivity contribution in [3.8, 4) is 0 Å². The van der Waals surface area contributed by atoms with E-state index in [4.69, 9.17) is 0 Å². The summed E-state index contributed by atoms with van der Waals surface area (Å²) < 4.78 is 2.30. The molecular weight excluding hydrogens is 196 g/mol. The van der Waals surface area contributed by atoms with Crippen LogP contribution in [0.1, 0.15) is 11.3 Å². The van der Waals surface area contributed by atoms with Crippen LogP contribution < -0.4 is 5.32 Å². The molecule has 1 N–H and O–H groups in total. The molecule has 0 atom stereocenters. The summed E-state index contributed by atoms with van der Waals surface area (Å²) >= 11 is 0. The Kier molecular flexibility index (Phi) is 2.29. The van der Waals surface area contributed by atoms with Gasteiger partial charge in [0, 0.05) is 30.2 Å². The molecule has 1 aliphatic heterocycles. The van der Waals surface area contributed by atoms with E-state index in [9.17, 15) is 0 Å². The first-order valence-electron chi connectivity index (χ1n) is 5.81. The van der Waals surface area contributed by atoms with E-state index in [0.29, 0.717) is 0 Å². The zero-order chi connectivity index (χ0) is 11.0. The molecule has 0 aliphatic carbocycles. The summed E-state index contributed by atoms with van der Waals surface area (Å²) in [5, 5.41) is 4.80. The second-order valence-corrected chi connectivity index (χ2v) is 4.30. The highest BCUT2D eigenvalue weighted by molar-refractivity contribution is 5.88. The van der Waals surface area contributed by atoms with E-state index in [2.05, 4.69) is 53.3 Å². The molecule has 3 rings (SSSR count). The molecule has 0 spiro atoms. The average Bonchev–Trinajstić information content (AvgIpc) is 2.52. The van der Waals surface area contributed by atoms with E-state index >= 15 is 0 Å². The smallest absolute Gasteiger partial charge is 0.0485 e. The Labute approximate surface area is 95.6 Å². The summed E-state index contributed by atoms with van der Waals surface area (Å²) in [5.41, 5.74) is 4.17. The Morgan fingerprint density at radius 3 is 3.06 bits per heavy atom. The van der Waals surface area contributed by atoms with Crippen LogP contribution in [0.3, 0.4) is 0 Å². The number of aromatic nitrogens is 1. The predicted molar refractivity (Wildman–Crippen MR) is 68.5 cm³/mol. The minimum Gasteiger partial charge on any atom is -0.344 e. The molecule has 2 heteroatoms. The van der Waals surface area contributed by atoms with Gasteiger partial charge >= 0.3 is 0 Å². The Morgan fingerprint density at radius 1 is 1.25 bits per heavy atom. The number of nitrogens with zero attached hydrogens (tertiary/aromatic N) is 1. The maximum atomic E-state index is 3.41. The van der Waals surface area contributed by atoms with Gasteiger partial charge in [-0.25, -0.2) is 0 Å². The summed E-state index contributed by atoms with van der Waals surface area (Å²) in [5.74, 6) is 0. The third-order valence-corrected chi connectivity index (χ3v) is 3.35. The van der Waals surface area contributed by atoms with Crippen molar-refractivity contribution in [3.05, 3.63) is 41.6 Å². The molecule has 1 aromatic heterocycles. The second kappa shape index (κ2) is 3.80. The van der Waals surface area contributed by atoms with E-state index in [1.807, 2.05) is 0 Å². The lowest BCUT2D eigenvalue weighted by Gasteiger charge is -2.08. The van der Waals surface area contributed by atoms with Crippen LogP contribution >= 0.6 is 0 Å². The molecule has 0 unspecified atom stereocenters. The summed E-state index contributed by atoms with van der Waals surface area (Å²) in [6.45, 7) is 2.03. The number of rotatable bonds is 0. The van der Waals surface area contributed by atoms with Crippen LogP contribution in [0.25, 0.3) is 17.0 Å². The van der Waals surface area contributed by atoms with Crippen molar-refractivity contribution in [1.29, 1.82) is 0 Å². The maximum absolute atomic E-state index is 3.41. The van der Waals surface area contributed by atoms with E-state index in [0.717, 1.165) is 19.5 Å². The van der Waals surface area contributed by atoms with Crippen LogP contribution in [0, 0.1) is 0 Å². The molecule has 2 nitrogen and oxygen atoms in total. The highest BCUT2D eigenvalue weighted by Crippen LogP contribution is 2.26. The summed E-state index contributed by atoms with van der Waals surface area (Å²) in [6, 6.07) is 8.65. The molecule has 1 aliphatic rings. The van der Waals surface area contributed by atoms with Crippen molar-refractivity contribution in [2.24, 2.45) is 7.05 Å². The molecule has 2 aromatic rings. The minimum absolute atomic E-state index is 0.973. The monoisotopic (exact) mass is 212 g/mol. The number of nitrogens with one attached hydrogen (secondary N) is 1. The molecule has 0 bridgehead atoms. The van der Waals surface area contributed by atoms with Gasteiger partial charge in [0.15, 0.2) is 0 Å². The Morgan fingerprint density at radius 2 is 2.12 bits per heavy atom. The number of hydrogen-bond acceptors (Lipinski definition) is 1. The largest absolute Gasteiger partial charge is 0.344 e. The number of para-hydroxylation sites is 1. The lowest BCUT2D eigenvalue weighted by Crippen LogP contribution is -2.18. The SMILES string of the molecule is Cn1c2c(c3ccccc31)CCNC/C=C\2.